The van der Waals surface area contributed by atoms with Gasteiger partial charge in [0.1, 0.15) is 18.0 Å². The summed E-state index contributed by atoms with van der Waals surface area (Å²) in [4.78, 5) is 14.1. The highest BCUT2D eigenvalue weighted by Crippen LogP contribution is 2.18. The molecule has 0 atom stereocenters. The molecule has 1 N–H and O–H groups in total. The third-order valence-corrected chi connectivity index (χ3v) is 4.66. The van der Waals surface area contributed by atoms with Gasteiger partial charge in [-0.3, -0.25) is 4.90 Å². The molecule has 25 heavy (non-hydrogen) atoms. The molecule has 0 radical (unpaired) electrons. The van der Waals surface area contributed by atoms with Crippen molar-refractivity contribution in [2.75, 3.05) is 32.8 Å². The first kappa shape index (κ1) is 20.0. The molecule has 0 aliphatic carbocycles. The van der Waals surface area contributed by atoms with E-state index in [9.17, 15) is 4.79 Å². The lowest BCUT2D eigenvalue weighted by Gasteiger charge is -2.32. The van der Waals surface area contributed by atoms with E-state index in [0.717, 1.165) is 42.7 Å². The van der Waals surface area contributed by atoms with Crippen molar-refractivity contribution in [3.63, 3.8) is 0 Å². The van der Waals surface area contributed by atoms with Crippen LogP contribution in [0.5, 0.6) is 5.75 Å². The lowest BCUT2D eigenvalue weighted by molar-refractivity contribution is 0.0509. The smallest absolute Gasteiger partial charge is 0.407 e. The number of hydrogen-bond acceptors (Lipinski definition) is 4. The Hall–Kier alpha value is -1.27. The summed E-state index contributed by atoms with van der Waals surface area (Å²) in [6.07, 6.45) is 1.86. The molecule has 1 saturated heterocycles. The molecule has 1 aliphatic rings. The van der Waals surface area contributed by atoms with Crippen LogP contribution in [-0.2, 0) is 4.74 Å². The van der Waals surface area contributed by atoms with E-state index >= 15 is 0 Å². The van der Waals surface area contributed by atoms with Gasteiger partial charge in [-0.25, -0.2) is 4.79 Å². The van der Waals surface area contributed by atoms with E-state index in [0.29, 0.717) is 19.1 Å². The van der Waals surface area contributed by atoms with Gasteiger partial charge in [0.05, 0.1) is 0 Å². The Labute approximate surface area is 159 Å². The first-order valence-electron chi connectivity index (χ1n) is 8.89. The first-order chi connectivity index (χ1) is 11.8. The molecular formula is C19H29BrN2O3. The van der Waals surface area contributed by atoms with Gasteiger partial charge in [0.2, 0.25) is 0 Å². The molecule has 1 heterocycles. The van der Waals surface area contributed by atoms with E-state index in [-0.39, 0.29) is 6.09 Å². The number of carbonyl (C=O) groups excluding carboxylic acids is 1. The number of nitrogens with one attached hydrogen (secondary N) is 1. The second kappa shape index (κ2) is 9.43. The summed E-state index contributed by atoms with van der Waals surface area (Å²) in [6, 6.07) is 7.91. The zero-order chi connectivity index (χ0) is 18.3. The fourth-order valence-corrected chi connectivity index (χ4v) is 3.04. The Balaban J connectivity index is 1.58. The normalized spacial score (nSPS) is 16.5. The lowest BCUT2D eigenvalue weighted by Crippen LogP contribution is -2.41. The second-order valence-electron chi connectivity index (χ2n) is 7.47. The predicted molar refractivity (Wildman–Crippen MR) is 103 cm³/mol. The molecule has 5 nitrogen and oxygen atoms in total. The van der Waals surface area contributed by atoms with Crippen LogP contribution in [-0.4, -0.2) is 49.4 Å². The van der Waals surface area contributed by atoms with Gasteiger partial charge in [-0.1, -0.05) is 15.9 Å². The van der Waals surface area contributed by atoms with Gasteiger partial charge < -0.3 is 14.8 Å². The third kappa shape index (κ3) is 8.10. The van der Waals surface area contributed by atoms with Gasteiger partial charge in [-0.2, -0.15) is 0 Å². The molecule has 0 aromatic heterocycles. The Kier molecular flexibility index (Phi) is 7.56. The molecule has 0 unspecified atom stereocenters. The van der Waals surface area contributed by atoms with Crippen molar-refractivity contribution in [3.05, 3.63) is 28.7 Å². The largest absolute Gasteiger partial charge is 0.492 e. The summed E-state index contributed by atoms with van der Waals surface area (Å²) in [5, 5.41) is 2.88. The van der Waals surface area contributed by atoms with E-state index in [1.807, 2.05) is 45.0 Å². The number of alkyl carbamates (subject to hydrolysis) is 1. The van der Waals surface area contributed by atoms with Crippen LogP contribution < -0.4 is 10.1 Å². The van der Waals surface area contributed by atoms with Gasteiger partial charge in [-0.15, -0.1) is 0 Å². The quantitative estimate of drug-likeness (QED) is 0.764. The van der Waals surface area contributed by atoms with Gasteiger partial charge in [-0.05, 0) is 76.9 Å². The van der Waals surface area contributed by atoms with E-state index in [1.54, 1.807) is 0 Å². The monoisotopic (exact) mass is 412 g/mol. The highest BCUT2D eigenvalue weighted by atomic mass is 79.9. The zero-order valence-electron chi connectivity index (χ0n) is 15.4. The van der Waals surface area contributed by atoms with Crippen LogP contribution in [0, 0.1) is 5.92 Å². The SMILES string of the molecule is CC(C)(C)OC(=O)NCC1CCN(CCOc2ccc(Br)cc2)CC1. The molecule has 1 aromatic rings. The minimum atomic E-state index is -0.442. The Morgan fingerprint density at radius 1 is 1.24 bits per heavy atom. The summed E-state index contributed by atoms with van der Waals surface area (Å²) in [6.45, 7) is 10.0. The topological polar surface area (TPSA) is 50.8 Å². The summed E-state index contributed by atoms with van der Waals surface area (Å²) >= 11 is 3.42. The van der Waals surface area contributed by atoms with E-state index in [2.05, 4.69) is 26.1 Å². The Bertz CT molecular complexity index is 535. The molecule has 1 aliphatic heterocycles. The van der Waals surface area contributed by atoms with Crippen LogP contribution in [0.15, 0.2) is 28.7 Å². The van der Waals surface area contributed by atoms with Crippen LogP contribution >= 0.6 is 15.9 Å². The fraction of sp³-hybridized carbons (Fsp3) is 0.632. The number of likely N-dealkylation sites (tertiary alicyclic amines) is 1. The standard InChI is InChI=1S/C19H29BrN2O3/c1-19(2,3)25-18(23)21-14-15-8-10-22(11-9-15)12-13-24-17-6-4-16(20)5-7-17/h4-7,15H,8-14H2,1-3H3,(H,21,23). The molecule has 2 rings (SSSR count). The average molecular weight is 413 g/mol. The first-order valence-corrected chi connectivity index (χ1v) is 9.69. The Morgan fingerprint density at radius 3 is 2.48 bits per heavy atom. The maximum absolute atomic E-state index is 11.7. The molecule has 1 aromatic carbocycles. The maximum Gasteiger partial charge on any atom is 0.407 e. The van der Waals surface area contributed by atoms with E-state index in [1.165, 1.54) is 0 Å². The minimum absolute atomic E-state index is 0.321. The number of halogens is 1. The summed E-state index contributed by atoms with van der Waals surface area (Å²) < 4.78 is 12.1. The summed E-state index contributed by atoms with van der Waals surface area (Å²) in [7, 11) is 0. The number of hydrogen-bond donors (Lipinski definition) is 1. The van der Waals surface area contributed by atoms with Crippen molar-refractivity contribution in [1.29, 1.82) is 0 Å². The molecule has 0 bridgehead atoms. The number of benzene rings is 1. The third-order valence-electron chi connectivity index (χ3n) is 4.13. The number of ether oxygens (including phenoxy) is 2. The van der Waals surface area contributed by atoms with Gasteiger partial charge in [0.25, 0.3) is 0 Å². The molecule has 0 saturated carbocycles. The number of rotatable bonds is 6. The fourth-order valence-electron chi connectivity index (χ4n) is 2.78. The van der Waals surface area contributed by atoms with E-state index in [4.69, 9.17) is 9.47 Å². The van der Waals surface area contributed by atoms with Crippen LogP contribution in [0.1, 0.15) is 33.6 Å². The molecule has 6 heteroatoms. The van der Waals surface area contributed by atoms with Crippen molar-refractivity contribution in [1.82, 2.24) is 10.2 Å². The number of amides is 1. The molecule has 1 amide bonds. The molecule has 0 spiro atoms. The average Bonchev–Trinajstić information content (AvgIpc) is 2.54. The van der Waals surface area contributed by atoms with Gasteiger partial charge >= 0.3 is 6.09 Å². The van der Waals surface area contributed by atoms with Crippen molar-refractivity contribution < 1.29 is 14.3 Å². The summed E-state index contributed by atoms with van der Waals surface area (Å²) in [5.41, 5.74) is -0.442. The van der Waals surface area contributed by atoms with Crippen molar-refractivity contribution >= 4 is 22.0 Å². The van der Waals surface area contributed by atoms with Crippen molar-refractivity contribution in [2.24, 2.45) is 5.92 Å². The number of carbonyl (C=O) groups is 1. The summed E-state index contributed by atoms with van der Waals surface area (Å²) in [5.74, 6) is 1.43. The van der Waals surface area contributed by atoms with Crippen molar-refractivity contribution in [2.45, 2.75) is 39.2 Å². The number of piperidine rings is 1. The number of nitrogens with zero attached hydrogens (tertiary/aromatic N) is 1. The zero-order valence-corrected chi connectivity index (χ0v) is 17.0. The van der Waals surface area contributed by atoms with Gasteiger partial charge in [0.15, 0.2) is 0 Å². The molecule has 1 fully saturated rings. The van der Waals surface area contributed by atoms with Crippen LogP contribution in [0.25, 0.3) is 0 Å². The van der Waals surface area contributed by atoms with Crippen molar-refractivity contribution in [3.8, 4) is 5.75 Å². The predicted octanol–water partition coefficient (Wildman–Crippen LogP) is 4.06. The highest BCUT2D eigenvalue weighted by molar-refractivity contribution is 9.10. The van der Waals surface area contributed by atoms with Gasteiger partial charge in [0, 0.05) is 17.6 Å². The molecular weight excluding hydrogens is 384 g/mol. The van der Waals surface area contributed by atoms with Crippen LogP contribution in [0.3, 0.4) is 0 Å². The maximum atomic E-state index is 11.7. The highest BCUT2D eigenvalue weighted by Gasteiger charge is 2.21. The second-order valence-corrected chi connectivity index (χ2v) is 8.39. The van der Waals surface area contributed by atoms with Crippen LogP contribution in [0.4, 0.5) is 4.79 Å². The molecule has 140 valence electrons. The minimum Gasteiger partial charge on any atom is -0.492 e. The Morgan fingerprint density at radius 2 is 1.88 bits per heavy atom. The van der Waals surface area contributed by atoms with E-state index < -0.39 is 5.60 Å². The van der Waals surface area contributed by atoms with Crippen LogP contribution in [0.2, 0.25) is 0 Å². The lowest BCUT2D eigenvalue weighted by atomic mass is 9.97.